The maximum absolute atomic E-state index is 12.3. The van der Waals surface area contributed by atoms with Gasteiger partial charge in [-0.1, -0.05) is 0 Å². The number of hydrogen-bond donors (Lipinski definition) is 0. The minimum atomic E-state index is -0.711. The topological polar surface area (TPSA) is 48.7 Å². The van der Waals surface area contributed by atoms with Crippen LogP contribution in [-0.4, -0.2) is 31.2 Å². The van der Waals surface area contributed by atoms with Crippen molar-refractivity contribution in [2.45, 2.75) is 25.4 Å². The van der Waals surface area contributed by atoms with Gasteiger partial charge in [-0.3, -0.25) is 4.79 Å². The van der Waals surface area contributed by atoms with Crippen molar-refractivity contribution in [2.75, 3.05) is 19.8 Å². The molecule has 0 atom stereocenters. The van der Waals surface area contributed by atoms with E-state index in [9.17, 15) is 4.79 Å². The van der Waals surface area contributed by atoms with Crippen LogP contribution in [0.2, 0.25) is 0 Å². The number of Topliss-reactive ketones (excluding diaryl/α,β-unsaturated/α-hetero) is 1. The molecule has 2 rings (SSSR count). The van der Waals surface area contributed by atoms with Gasteiger partial charge in [0.25, 0.3) is 0 Å². The Morgan fingerprint density at radius 1 is 1.50 bits per heavy atom. The van der Waals surface area contributed by atoms with E-state index in [0.717, 1.165) is 0 Å². The summed E-state index contributed by atoms with van der Waals surface area (Å²) in [7, 11) is 0. The van der Waals surface area contributed by atoms with Gasteiger partial charge in [-0.05, 0) is 13.0 Å². The van der Waals surface area contributed by atoms with E-state index in [-0.39, 0.29) is 5.78 Å². The van der Waals surface area contributed by atoms with E-state index < -0.39 is 5.60 Å². The van der Waals surface area contributed by atoms with Gasteiger partial charge in [-0.2, -0.15) is 0 Å². The first-order valence-electron chi connectivity index (χ1n) is 5.57. The average Bonchev–Trinajstić information content (AvgIpc) is 2.83. The minimum Gasteiger partial charge on any atom is -0.472 e. The lowest BCUT2D eigenvalue weighted by atomic mass is 9.86. The number of hydrogen-bond acceptors (Lipinski definition) is 4. The lowest BCUT2D eigenvalue weighted by Crippen LogP contribution is -2.46. The minimum absolute atomic E-state index is 0.00593. The smallest absolute Gasteiger partial charge is 0.198 e. The number of ketones is 1. The number of furan rings is 1. The van der Waals surface area contributed by atoms with E-state index in [1.165, 1.54) is 12.5 Å². The fraction of sp³-hybridized carbons (Fsp3) is 0.583. The summed E-state index contributed by atoms with van der Waals surface area (Å²) in [5.74, 6) is 0.00593. The zero-order chi connectivity index (χ0) is 11.4. The maximum atomic E-state index is 12.3. The van der Waals surface area contributed by atoms with Crippen molar-refractivity contribution in [1.82, 2.24) is 0 Å². The fourth-order valence-corrected chi connectivity index (χ4v) is 2.07. The molecular formula is C12H16O4. The van der Waals surface area contributed by atoms with Gasteiger partial charge in [0.1, 0.15) is 11.9 Å². The van der Waals surface area contributed by atoms with Crippen molar-refractivity contribution in [1.29, 1.82) is 0 Å². The van der Waals surface area contributed by atoms with Crippen LogP contribution in [0.5, 0.6) is 0 Å². The molecule has 1 aliphatic rings. The van der Waals surface area contributed by atoms with Crippen molar-refractivity contribution in [3.63, 3.8) is 0 Å². The van der Waals surface area contributed by atoms with Gasteiger partial charge < -0.3 is 13.9 Å². The van der Waals surface area contributed by atoms with Crippen LogP contribution in [0.3, 0.4) is 0 Å². The highest BCUT2D eigenvalue weighted by molar-refractivity contribution is 6.02. The molecule has 16 heavy (non-hydrogen) atoms. The van der Waals surface area contributed by atoms with Crippen LogP contribution in [-0.2, 0) is 9.47 Å². The van der Waals surface area contributed by atoms with E-state index in [2.05, 4.69) is 0 Å². The molecule has 1 saturated heterocycles. The van der Waals surface area contributed by atoms with E-state index in [1.807, 2.05) is 6.92 Å². The Kier molecular flexibility index (Phi) is 3.41. The standard InChI is InChI=1S/C12H16O4/c1-2-16-12(4-7-14-8-5-12)11(13)10-3-6-15-9-10/h3,6,9H,2,4-5,7-8H2,1H3. The molecule has 0 radical (unpaired) electrons. The van der Waals surface area contributed by atoms with Gasteiger partial charge in [-0.15, -0.1) is 0 Å². The molecule has 4 heteroatoms. The van der Waals surface area contributed by atoms with Gasteiger partial charge in [0.15, 0.2) is 5.78 Å². The summed E-state index contributed by atoms with van der Waals surface area (Å²) in [5.41, 5.74) is -0.132. The molecule has 1 aromatic heterocycles. The van der Waals surface area contributed by atoms with Gasteiger partial charge in [0.05, 0.1) is 11.8 Å². The third kappa shape index (κ3) is 2.03. The SMILES string of the molecule is CCOC1(C(=O)c2ccoc2)CCOCC1. The Hall–Kier alpha value is -1.13. The Balaban J connectivity index is 2.21. The van der Waals surface area contributed by atoms with Crippen LogP contribution in [0, 0.1) is 0 Å². The van der Waals surface area contributed by atoms with Crippen LogP contribution in [0.4, 0.5) is 0 Å². The lowest BCUT2D eigenvalue weighted by Gasteiger charge is -2.35. The molecule has 0 spiro atoms. The van der Waals surface area contributed by atoms with E-state index in [1.54, 1.807) is 6.07 Å². The Morgan fingerprint density at radius 3 is 2.81 bits per heavy atom. The third-order valence-corrected chi connectivity index (χ3v) is 2.92. The fourth-order valence-electron chi connectivity index (χ4n) is 2.07. The quantitative estimate of drug-likeness (QED) is 0.734. The second kappa shape index (κ2) is 4.80. The second-order valence-corrected chi connectivity index (χ2v) is 3.88. The predicted molar refractivity (Wildman–Crippen MR) is 57.4 cm³/mol. The van der Waals surface area contributed by atoms with Gasteiger partial charge in [-0.25, -0.2) is 0 Å². The predicted octanol–water partition coefficient (Wildman–Crippen LogP) is 2.05. The monoisotopic (exact) mass is 224 g/mol. The lowest BCUT2D eigenvalue weighted by molar-refractivity contribution is -0.0822. The van der Waals surface area contributed by atoms with Crippen LogP contribution in [0.1, 0.15) is 30.1 Å². The molecule has 0 bridgehead atoms. The van der Waals surface area contributed by atoms with Crippen LogP contribution in [0.25, 0.3) is 0 Å². The molecule has 4 nitrogen and oxygen atoms in total. The Morgan fingerprint density at radius 2 is 2.25 bits per heavy atom. The Bertz CT molecular complexity index is 330. The zero-order valence-electron chi connectivity index (χ0n) is 9.40. The Labute approximate surface area is 94.5 Å². The number of ether oxygens (including phenoxy) is 2. The summed E-state index contributed by atoms with van der Waals surface area (Å²) in [6.07, 6.45) is 4.21. The van der Waals surface area contributed by atoms with E-state index in [4.69, 9.17) is 13.9 Å². The van der Waals surface area contributed by atoms with Gasteiger partial charge >= 0.3 is 0 Å². The highest BCUT2D eigenvalue weighted by atomic mass is 16.5. The molecule has 0 aromatic carbocycles. The zero-order valence-corrected chi connectivity index (χ0v) is 9.40. The average molecular weight is 224 g/mol. The molecule has 1 fully saturated rings. The first-order valence-corrected chi connectivity index (χ1v) is 5.57. The maximum Gasteiger partial charge on any atom is 0.198 e. The molecule has 0 amide bonds. The third-order valence-electron chi connectivity index (χ3n) is 2.92. The van der Waals surface area contributed by atoms with Gasteiger partial charge in [0.2, 0.25) is 0 Å². The van der Waals surface area contributed by atoms with Crippen molar-refractivity contribution in [3.8, 4) is 0 Å². The molecule has 88 valence electrons. The summed E-state index contributed by atoms with van der Waals surface area (Å²) in [5, 5.41) is 0. The highest BCUT2D eigenvalue weighted by Crippen LogP contribution is 2.29. The summed E-state index contributed by atoms with van der Waals surface area (Å²) in [6.45, 7) is 3.58. The van der Waals surface area contributed by atoms with Crippen LogP contribution >= 0.6 is 0 Å². The molecular weight excluding hydrogens is 208 g/mol. The summed E-state index contributed by atoms with van der Waals surface area (Å²) >= 11 is 0. The molecule has 1 aromatic rings. The molecule has 0 aliphatic carbocycles. The van der Waals surface area contributed by atoms with E-state index in [0.29, 0.717) is 38.2 Å². The first-order chi connectivity index (χ1) is 7.78. The molecule has 0 N–H and O–H groups in total. The number of carbonyl (C=O) groups is 1. The normalized spacial score (nSPS) is 19.6. The van der Waals surface area contributed by atoms with Gasteiger partial charge in [0, 0.05) is 32.7 Å². The van der Waals surface area contributed by atoms with Crippen LogP contribution < -0.4 is 0 Å². The molecule has 2 heterocycles. The largest absolute Gasteiger partial charge is 0.472 e. The van der Waals surface area contributed by atoms with Crippen molar-refractivity contribution in [3.05, 3.63) is 24.2 Å². The summed E-state index contributed by atoms with van der Waals surface area (Å²) in [4.78, 5) is 12.3. The summed E-state index contributed by atoms with van der Waals surface area (Å²) < 4.78 is 15.9. The van der Waals surface area contributed by atoms with E-state index >= 15 is 0 Å². The molecule has 0 saturated carbocycles. The molecule has 1 aliphatic heterocycles. The van der Waals surface area contributed by atoms with Crippen molar-refractivity contribution >= 4 is 5.78 Å². The number of carbonyl (C=O) groups excluding carboxylic acids is 1. The van der Waals surface area contributed by atoms with Crippen molar-refractivity contribution in [2.24, 2.45) is 0 Å². The second-order valence-electron chi connectivity index (χ2n) is 3.88. The molecule has 0 unspecified atom stereocenters. The highest BCUT2D eigenvalue weighted by Gasteiger charge is 2.41. The number of rotatable bonds is 4. The summed E-state index contributed by atoms with van der Waals surface area (Å²) in [6, 6.07) is 1.68. The first kappa shape index (κ1) is 11.4. The van der Waals surface area contributed by atoms with Crippen molar-refractivity contribution < 1.29 is 18.7 Å². The van der Waals surface area contributed by atoms with Crippen LogP contribution in [0.15, 0.2) is 23.0 Å².